The molecule has 4 aliphatic carbocycles. The van der Waals surface area contributed by atoms with Crippen molar-refractivity contribution in [1.82, 2.24) is 0 Å². The van der Waals surface area contributed by atoms with Gasteiger partial charge in [-0.25, -0.2) is 0 Å². The van der Waals surface area contributed by atoms with Gasteiger partial charge in [-0.1, -0.05) is 99.2 Å². The molecule has 4 aliphatic rings. The maximum absolute atomic E-state index is 11.6. The first-order chi connectivity index (χ1) is 19.3. The molecule has 0 heterocycles. The molecule has 2 aromatic carbocycles. The Balaban J connectivity index is 1.20. The van der Waals surface area contributed by atoms with Gasteiger partial charge in [0.25, 0.3) is 0 Å². The van der Waals surface area contributed by atoms with Crippen LogP contribution < -0.4 is 0 Å². The van der Waals surface area contributed by atoms with E-state index in [1.807, 2.05) is 0 Å². The highest BCUT2D eigenvalue weighted by Gasteiger charge is 2.59. The van der Waals surface area contributed by atoms with Gasteiger partial charge in [0.1, 0.15) is 6.10 Å². The number of fused-ring (bicyclic) bond motifs is 5. The van der Waals surface area contributed by atoms with E-state index in [2.05, 4.69) is 93.6 Å². The summed E-state index contributed by atoms with van der Waals surface area (Å²) in [5.41, 5.74) is 6.35. The molecule has 0 radical (unpaired) electrons. The van der Waals surface area contributed by atoms with Crippen molar-refractivity contribution in [3.63, 3.8) is 0 Å². The normalized spacial score (nSPS) is 35.4. The third kappa shape index (κ3) is 4.90. The van der Waals surface area contributed by atoms with Gasteiger partial charge in [-0.3, -0.25) is 4.79 Å². The van der Waals surface area contributed by atoms with Crippen LogP contribution in [0.5, 0.6) is 0 Å². The van der Waals surface area contributed by atoms with Crippen molar-refractivity contribution < 1.29 is 9.53 Å². The summed E-state index contributed by atoms with van der Waals surface area (Å²) in [6.07, 6.45) is 16.3. The first kappa shape index (κ1) is 27.6. The summed E-state index contributed by atoms with van der Waals surface area (Å²) in [6.45, 7) is 9.31. The zero-order valence-electron chi connectivity index (χ0n) is 25.1. The molecule has 2 nitrogen and oxygen atoms in total. The van der Waals surface area contributed by atoms with Crippen molar-refractivity contribution in [2.24, 2.45) is 40.4 Å². The molecule has 0 saturated heterocycles. The molecule has 0 bridgehead atoms. The van der Waals surface area contributed by atoms with Crippen molar-refractivity contribution in [1.29, 1.82) is 0 Å². The van der Waals surface area contributed by atoms with Crippen LogP contribution in [0.25, 0.3) is 5.57 Å². The number of carbonyl (C=O) groups is 1. The SMILES string of the molecule is CC(=O)O[C@H]1CC[C@@]2(C)C(=CC[C@@H]3[C@H]4CC[C@@H]([C@@H](C)CC=C(c5ccccc5)c5ccccc5)[C@@]4(C)CC[C@@H]32)C1. The van der Waals surface area contributed by atoms with E-state index >= 15 is 0 Å². The van der Waals surface area contributed by atoms with Crippen molar-refractivity contribution in [2.75, 3.05) is 0 Å². The number of benzene rings is 2. The van der Waals surface area contributed by atoms with E-state index in [4.69, 9.17) is 4.74 Å². The number of carbonyl (C=O) groups excluding carboxylic acids is 1. The Kier molecular flexibility index (Phi) is 7.57. The lowest BCUT2D eigenvalue weighted by Gasteiger charge is -2.58. The van der Waals surface area contributed by atoms with Gasteiger partial charge in [-0.05, 0) is 108 Å². The minimum absolute atomic E-state index is 0.0867. The number of hydrogen-bond acceptors (Lipinski definition) is 2. The third-order valence-electron chi connectivity index (χ3n) is 12.0. The molecule has 2 aromatic rings. The Bertz CT molecular complexity index is 1220. The fraction of sp³-hybridized carbons (Fsp3) is 0.553. The lowest BCUT2D eigenvalue weighted by atomic mass is 9.47. The topological polar surface area (TPSA) is 26.3 Å². The highest BCUT2D eigenvalue weighted by atomic mass is 16.5. The summed E-state index contributed by atoms with van der Waals surface area (Å²) >= 11 is 0. The van der Waals surface area contributed by atoms with Crippen LogP contribution in [-0.4, -0.2) is 12.1 Å². The van der Waals surface area contributed by atoms with Crippen LogP contribution in [0.2, 0.25) is 0 Å². The summed E-state index contributed by atoms with van der Waals surface area (Å²) in [5.74, 6) is 3.79. The van der Waals surface area contributed by atoms with Crippen LogP contribution in [0.4, 0.5) is 0 Å². The second-order valence-electron chi connectivity index (χ2n) is 14.0. The molecule has 0 amide bonds. The standard InChI is InChI=1S/C38H48O2/c1-26(15-17-32(28-11-7-5-8-12-28)29-13-9-6-10-14-29)34-19-20-35-33-18-16-30-25-31(40-27(2)39)21-23-37(30,3)36(33)22-24-38(34,35)4/h5-14,16-17,26,31,33-36H,15,18-25H2,1-4H3/t26-,31-,33+,34-,35+,36-,37-,38+/m0/s1. The minimum Gasteiger partial charge on any atom is -0.462 e. The predicted molar refractivity (Wildman–Crippen MR) is 164 cm³/mol. The maximum Gasteiger partial charge on any atom is 0.302 e. The smallest absolute Gasteiger partial charge is 0.302 e. The summed E-state index contributed by atoms with van der Waals surface area (Å²) in [7, 11) is 0. The summed E-state index contributed by atoms with van der Waals surface area (Å²) in [6, 6.07) is 21.9. The van der Waals surface area contributed by atoms with Gasteiger partial charge in [-0.15, -0.1) is 0 Å². The Morgan fingerprint density at radius 2 is 1.60 bits per heavy atom. The van der Waals surface area contributed by atoms with Gasteiger partial charge < -0.3 is 4.74 Å². The molecule has 212 valence electrons. The molecule has 6 rings (SSSR count). The molecule has 40 heavy (non-hydrogen) atoms. The number of ether oxygens (including phenoxy) is 1. The quantitative estimate of drug-likeness (QED) is 0.271. The Morgan fingerprint density at radius 3 is 2.25 bits per heavy atom. The molecular formula is C38H48O2. The monoisotopic (exact) mass is 536 g/mol. The van der Waals surface area contributed by atoms with E-state index in [1.54, 1.807) is 12.5 Å². The second kappa shape index (κ2) is 11.0. The molecule has 8 atom stereocenters. The summed E-state index contributed by atoms with van der Waals surface area (Å²) in [5, 5.41) is 0. The lowest BCUT2D eigenvalue weighted by molar-refractivity contribution is -0.148. The number of esters is 1. The average Bonchev–Trinajstić information content (AvgIpc) is 3.31. The van der Waals surface area contributed by atoms with Crippen molar-refractivity contribution in [3.05, 3.63) is 89.5 Å². The van der Waals surface area contributed by atoms with Crippen LogP contribution >= 0.6 is 0 Å². The fourth-order valence-electron chi connectivity index (χ4n) is 10.0. The number of hydrogen-bond donors (Lipinski definition) is 0. The number of allylic oxidation sites excluding steroid dienone is 2. The molecule has 0 unspecified atom stereocenters. The third-order valence-corrected chi connectivity index (χ3v) is 12.0. The zero-order valence-corrected chi connectivity index (χ0v) is 25.1. The molecule has 0 N–H and O–H groups in total. The van der Waals surface area contributed by atoms with Gasteiger partial charge in [0.05, 0.1) is 0 Å². The van der Waals surface area contributed by atoms with Crippen molar-refractivity contribution in [2.45, 2.75) is 91.6 Å². The van der Waals surface area contributed by atoms with Gasteiger partial charge >= 0.3 is 5.97 Å². The van der Waals surface area contributed by atoms with E-state index in [0.717, 1.165) is 42.9 Å². The first-order valence-corrected chi connectivity index (χ1v) is 16.0. The van der Waals surface area contributed by atoms with E-state index in [0.29, 0.717) is 16.7 Å². The minimum atomic E-state index is -0.128. The van der Waals surface area contributed by atoms with Gasteiger partial charge in [-0.2, -0.15) is 0 Å². The van der Waals surface area contributed by atoms with Gasteiger partial charge in [0, 0.05) is 13.3 Å². The molecule has 0 spiro atoms. The molecule has 0 aromatic heterocycles. The van der Waals surface area contributed by atoms with E-state index in [-0.39, 0.29) is 12.1 Å². The van der Waals surface area contributed by atoms with E-state index in [9.17, 15) is 4.79 Å². The van der Waals surface area contributed by atoms with E-state index < -0.39 is 0 Å². The number of rotatable bonds is 6. The van der Waals surface area contributed by atoms with Crippen LogP contribution in [0, 0.1) is 40.4 Å². The summed E-state index contributed by atoms with van der Waals surface area (Å²) < 4.78 is 5.66. The van der Waals surface area contributed by atoms with Crippen molar-refractivity contribution >= 4 is 11.5 Å². The molecule has 2 heteroatoms. The first-order valence-electron chi connectivity index (χ1n) is 16.0. The highest BCUT2D eigenvalue weighted by molar-refractivity contribution is 5.79. The molecule has 3 fully saturated rings. The Hall–Kier alpha value is -2.61. The molecule has 3 saturated carbocycles. The molecular weight excluding hydrogens is 488 g/mol. The largest absolute Gasteiger partial charge is 0.462 e. The van der Waals surface area contributed by atoms with Crippen molar-refractivity contribution in [3.8, 4) is 0 Å². The van der Waals surface area contributed by atoms with Crippen LogP contribution in [0.3, 0.4) is 0 Å². The summed E-state index contributed by atoms with van der Waals surface area (Å²) in [4.78, 5) is 11.6. The van der Waals surface area contributed by atoms with E-state index in [1.165, 1.54) is 55.2 Å². The zero-order chi connectivity index (χ0) is 27.9. The molecule has 0 aliphatic heterocycles. The Labute approximate surface area is 242 Å². The fourth-order valence-corrected chi connectivity index (χ4v) is 10.0. The lowest BCUT2D eigenvalue weighted by Crippen LogP contribution is -2.51. The van der Waals surface area contributed by atoms with Crippen LogP contribution in [0.1, 0.15) is 96.6 Å². The average molecular weight is 537 g/mol. The Morgan fingerprint density at radius 1 is 0.925 bits per heavy atom. The maximum atomic E-state index is 11.6. The van der Waals surface area contributed by atoms with Crippen LogP contribution in [0.15, 0.2) is 78.4 Å². The predicted octanol–water partition coefficient (Wildman–Crippen LogP) is 9.66. The van der Waals surface area contributed by atoms with Gasteiger partial charge in [0.2, 0.25) is 0 Å². The van der Waals surface area contributed by atoms with Gasteiger partial charge in [0.15, 0.2) is 0 Å². The highest BCUT2D eigenvalue weighted by Crippen LogP contribution is 2.67. The second-order valence-corrected chi connectivity index (χ2v) is 14.0. The van der Waals surface area contributed by atoms with Crippen LogP contribution in [-0.2, 0) is 9.53 Å².